The van der Waals surface area contributed by atoms with Gasteiger partial charge < -0.3 is 14.4 Å². The standard InChI is InChI=1S/C25H33N3O4/c1-16(13-25(5,6)28(23(30)31)24(2,3)4)15-32-17-8-9-19-18-10-11-26-14-20(18)22(29)27(7)21(19)12-17/h8-12,14,16H,13,15H2,1-7H3,(H,30,31). The van der Waals surface area contributed by atoms with Crippen LogP contribution in [-0.4, -0.2) is 43.3 Å². The maximum Gasteiger partial charge on any atom is 0.408 e. The van der Waals surface area contributed by atoms with Gasteiger partial charge in [0.05, 0.1) is 17.5 Å². The molecule has 2 aromatic heterocycles. The van der Waals surface area contributed by atoms with E-state index in [1.54, 1.807) is 24.0 Å². The van der Waals surface area contributed by atoms with Crippen molar-refractivity contribution in [3.05, 3.63) is 47.0 Å². The molecule has 7 heteroatoms. The van der Waals surface area contributed by atoms with Crippen molar-refractivity contribution in [3.8, 4) is 5.75 Å². The number of hydrogen-bond acceptors (Lipinski definition) is 4. The van der Waals surface area contributed by atoms with Crippen LogP contribution in [0.15, 0.2) is 41.5 Å². The molecule has 0 aliphatic heterocycles. The zero-order valence-corrected chi connectivity index (χ0v) is 20.0. The first-order valence-electron chi connectivity index (χ1n) is 10.9. The number of carboxylic acid groups (broad SMARTS) is 1. The average molecular weight is 440 g/mol. The first-order valence-corrected chi connectivity index (χ1v) is 10.9. The first kappa shape index (κ1) is 23.6. The Kier molecular flexibility index (Phi) is 6.22. The Hall–Kier alpha value is -3.09. The monoisotopic (exact) mass is 439 g/mol. The van der Waals surface area contributed by atoms with Gasteiger partial charge in [0.15, 0.2) is 0 Å². The molecule has 1 N–H and O–H groups in total. The number of benzene rings is 1. The molecule has 0 saturated carbocycles. The fourth-order valence-corrected chi connectivity index (χ4v) is 4.89. The van der Waals surface area contributed by atoms with Gasteiger partial charge in [-0.3, -0.25) is 14.7 Å². The summed E-state index contributed by atoms with van der Waals surface area (Å²) in [5, 5.41) is 12.2. The van der Waals surface area contributed by atoms with Gasteiger partial charge >= 0.3 is 6.09 Å². The molecule has 0 spiro atoms. The number of hydrogen-bond donors (Lipinski definition) is 1. The van der Waals surface area contributed by atoms with Gasteiger partial charge in [-0.25, -0.2) is 4.79 Å². The molecule has 1 unspecified atom stereocenters. The fourth-order valence-electron chi connectivity index (χ4n) is 4.89. The van der Waals surface area contributed by atoms with Gasteiger partial charge in [-0.2, -0.15) is 0 Å². The number of carbonyl (C=O) groups is 1. The largest absolute Gasteiger partial charge is 0.493 e. The van der Waals surface area contributed by atoms with Crippen molar-refractivity contribution in [3.63, 3.8) is 0 Å². The number of nitrogens with zero attached hydrogens (tertiary/aromatic N) is 3. The molecule has 0 radical (unpaired) electrons. The van der Waals surface area contributed by atoms with Gasteiger partial charge in [-0.1, -0.05) is 6.92 Å². The van der Waals surface area contributed by atoms with Crippen LogP contribution in [0.2, 0.25) is 0 Å². The number of ether oxygens (including phenoxy) is 1. The maximum atomic E-state index is 12.7. The minimum absolute atomic E-state index is 0.0937. The lowest BCUT2D eigenvalue weighted by atomic mass is 9.87. The fraction of sp³-hybridized carbons (Fsp3) is 0.480. The van der Waals surface area contributed by atoms with Gasteiger partial charge in [0.25, 0.3) is 5.56 Å². The molecule has 1 atom stereocenters. The number of rotatable bonds is 6. The third-order valence-electron chi connectivity index (χ3n) is 5.83. The van der Waals surface area contributed by atoms with Crippen molar-refractivity contribution in [1.82, 2.24) is 14.5 Å². The van der Waals surface area contributed by atoms with Crippen LogP contribution in [0.5, 0.6) is 5.75 Å². The van der Waals surface area contributed by atoms with E-state index in [0.29, 0.717) is 24.2 Å². The predicted molar refractivity (Wildman–Crippen MR) is 127 cm³/mol. The molecule has 0 saturated heterocycles. The molecule has 1 amide bonds. The summed E-state index contributed by atoms with van der Waals surface area (Å²) in [6.45, 7) is 12.1. The van der Waals surface area contributed by atoms with Gasteiger partial charge in [0.2, 0.25) is 0 Å². The predicted octanol–water partition coefficient (Wildman–Crippen LogP) is 5.05. The van der Waals surface area contributed by atoms with E-state index in [0.717, 1.165) is 16.3 Å². The molecule has 7 nitrogen and oxygen atoms in total. The second-order valence-electron chi connectivity index (χ2n) is 10.2. The Morgan fingerprint density at radius 2 is 1.84 bits per heavy atom. The van der Waals surface area contributed by atoms with E-state index in [1.807, 2.05) is 58.9 Å². The van der Waals surface area contributed by atoms with Gasteiger partial charge in [-0.15, -0.1) is 0 Å². The number of aromatic nitrogens is 2. The summed E-state index contributed by atoms with van der Waals surface area (Å²) >= 11 is 0. The Labute approximate surface area is 188 Å². The highest BCUT2D eigenvalue weighted by atomic mass is 16.5. The highest BCUT2D eigenvalue weighted by molar-refractivity contribution is 6.05. The number of fused-ring (bicyclic) bond motifs is 3. The lowest BCUT2D eigenvalue weighted by molar-refractivity contribution is 0.0187. The van der Waals surface area contributed by atoms with E-state index in [-0.39, 0.29) is 11.5 Å². The van der Waals surface area contributed by atoms with Crippen molar-refractivity contribution < 1.29 is 14.6 Å². The van der Waals surface area contributed by atoms with Gasteiger partial charge in [0.1, 0.15) is 5.75 Å². The van der Waals surface area contributed by atoms with E-state index in [4.69, 9.17) is 4.74 Å². The summed E-state index contributed by atoms with van der Waals surface area (Å²) in [7, 11) is 1.75. The van der Waals surface area contributed by atoms with Crippen LogP contribution in [0.3, 0.4) is 0 Å². The van der Waals surface area contributed by atoms with E-state index in [2.05, 4.69) is 11.9 Å². The molecule has 3 rings (SSSR count). The number of aryl methyl sites for hydroxylation is 1. The highest BCUT2D eigenvalue weighted by Crippen LogP contribution is 2.31. The second-order valence-corrected chi connectivity index (χ2v) is 10.2. The van der Waals surface area contributed by atoms with Gasteiger partial charge in [-0.05, 0) is 70.5 Å². The van der Waals surface area contributed by atoms with E-state index < -0.39 is 17.2 Å². The van der Waals surface area contributed by atoms with Crippen molar-refractivity contribution in [2.24, 2.45) is 13.0 Å². The molecule has 3 aromatic rings. The maximum absolute atomic E-state index is 12.7. The molecule has 2 heterocycles. The van der Waals surface area contributed by atoms with E-state index in [9.17, 15) is 14.7 Å². The summed E-state index contributed by atoms with van der Waals surface area (Å²) in [5.74, 6) is 0.799. The van der Waals surface area contributed by atoms with Crippen molar-refractivity contribution in [1.29, 1.82) is 0 Å². The summed E-state index contributed by atoms with van der Waals surface area (Å²) in [5.41, 5.74) is -0.350. The Balaban J connectivity index is 1.80. The summed E-state index contributed by atoms with van der Waals surface area (Å²) in [4.78, 5) is 30.2. The molecule has 32 heavy (non-hydrogen) atoms. The molecular weight excluding hydrogens is 406 g/mol. The zero-order chi connectivity index (χ0) is 23.8. The van der Waals surface area contributed by atoms with Crippen LogP contribution >= 0.6 is 0 Å². The quantitative estimate of drug-likeness (QED) is 0.544. The average Bonchev–Trinajstić information content (AvgIpc) is 2.68. The second kappa shape index (κ2) is 8.45. The first-order chi connectivity index (χ1) is 14.8. The van der Waals surface area contributed by atoms with Crippen molar-refractivity contribution in [2.45, 2.75) is 59.0 Å². The highest BCUT2D eigenvalue weighted by Gasteiger charge is 2.39. The topological polar surface area (TPSA) is 84.7 Å². The van der Waals surface area contributed by atoms with E-state index in [1.165, 1.54) is 4.90 Å². The Morgan fingerprint density at radius 3 is 2.47 bits per heavy atom. The van der Waals surface area contributed by atoms with E-state index >= 15 is 0 Å². The molecule has 0 aliphatic rings. The lowest BCUT2D eigenvalue weighted by Crippen LogP contribution is -2.57. The molecule has 0 bridgehead atoms. The molecular formula is C25H33N3O4. The SMILES string of the molecule is CC(COc1ccc2c3ccncc3c(=O)n(C)c2c1)CC(C)(C)N(C(=O)O)C(C)(C)C. The van der Waals surface area contributed by atoms with Crippen LogP contribution in [0.4, 0.5) is 4.79 Å². The lowest BCUT2D eigenvalue weighted by Gasteiger charge is -2.46. The normalized spacial score (nSPS) is 13.3. The van der Waals surface area contributed by atoms with Crippen LogP contribution in [0.25, 0.3) is 21.7 Å². The minimum atomic E-state index is -0.923. The number of pyridine rings is 2. The van der Waals surface area contributed by atoms with Crippen molar-refractivity contribution in [2.75, 3.05) is 6.61 Å². The van der Waals surface area contributed by atoms with Crippen molar-refractivity contribution >= 4 is 27.8 Å². The summed E-state index contributed by atoms with van der Waals surface area (Å²) in [6.07, 6.45) is 3.02. The van der Waals surface area contributed by atoms with Crippen LogP contribution in [0.1, 0.15) is 48.0 Å². The van der Waals surface area contributed by atoms with Gasteiger partial charge in [0, 0.05) is 42.0 Å². The summed E-state index contributed by atoms with van der Waals surface area (Å²) in [6, 6.07) is 7.61. The molecule has 172 valence electrons. The van der Waals surface area contributed by atoms with Crippen LogP contribution in [-0.2, 0) is 7.05 Å². The third-order valence-corrected chi connectivity index (χ3v) is 5.83. The number of amides is 1. The summed E-state index contributed by atoms with van der Waals surface area (Å²) < 4.78 is 7.68. The zero-order valence-electron chi connectivity index (χ0n) is 20.0. The molecule has 1 aromatic carbocycles. The Bertz CT molecular complexity index is 1210. The van der Waals surface area contributed by atoms with Crippen LogP contribution in [0, 0.1) is 5.92 Å². The molecule has 0 aliphatic carbocycles. The Morgan fingerprint density at radius 1 is 1.16 bits per heavy atom. The van der Waals surface area contributed by atoms with Crippen LogP contribution < -0.4 is 10.3 Å². The third kappa shape index (κ3) is 4.56. The minimum Gasteiger partial charge on any atom is -0.493 e. The smallest absolute Gasteiger partial charge is 0.408 e. The molecule has 0 fully saturated rings.